The maximum Gasteiger partial charge on any atom is 0.0940 e. The number of nitrogens with one attached hydrogen (secondary N) is 1. The van der Waals surface area contributed by atoms with Crippen LogP contribution in [0.5, 0.6) is 0 Å². The summed E-state index contributed by atoms with van der Waals surface area (Å²) in [6.45, 7) is 11.0. The summed E-state index contributed by atoms with van der Waals surface area (Å²) in [5, 5.41) is 3.65. The van der Waals surface area contributed by atoms with Crippen LogP contribution >= 0.6 is 0 Å². The third-order valence-electron chi connectivity index (χ3n) is 7.18. The molecule has 1 aromatic rings. The molecule has 1 aromatic carbocycles. The molecule has 4 heteroatoms. The number of allylic oxidation sites excluding steroid dienone is 4. The van der Waals surface area contributed by atoms with Crippen LogP contribution in [-0.2, 0) is 6.54 Å². The predicted octanol–water partition coefficient (Wildman–Crippen LogP) is 3.86. The van der Waals surface area contributed by atoms with Crippen LogP contribution in [0.15, 0.2) is 53.6 Å². The number of aliphatic imine (C=N–C) groups is 1. The number of hydrogen-bond acceptors (Lipinski definition) is 4. The summed E-state index contributed by atoms with van der Waals surface area (Å²) < 4.78 is 0. The van der Waals surface area contributed by atoms with E-state index in [4.69, 9.17) is 4.99 Å². The highest BCUT2D eigenvalue weighted by Gasteiger charge is 2.34. The van der Waals surface area contributed by atoms with E-state index in [0.29, 0.717) is 18.1 Å². The van der Waals surface area contributed by atoms with Crippen molar-refractivity contribution in [3.63, 3.8) is 0 Å². The molecule has 2 aliphatic carbocycles. The number of nitrogens with zero attached hydrogens (tertiary/aromatic N) is 3. The Hall–Kier alpha value is -2.59. The van der Waals surface area contributed by atoms with Gasteiger partial charge in [0.15, 0.2) is 0 Å². The predicted molar refractivity (Wildman–Crippen MR) is 122 cm³/mol. The van der Waals surface area contributed by atoms with Crippen LogP contribution in [0.2, 0.25) is 0 Å². The third kappa shape index (κ3) is 2.89. The zero-order chi connectivity index (χ0) is 20.1. The molecule has 2 aliphatic heterocycles. The van der Waals surface area contributed by atoms with Crippen LogP contribution in [0, 0.1) is 27.7 Å². The zero-order valence-corrected chi connectivity index (χ0v) is 17.8. The molecule has 5 rings (SSSR count). The van der Waals surface area contributed by atoms with E-state index < -0.39 is 0 Å². The van der Waals surface area contributed by atoms with Gasteiger partial charge in [0, 0.05) is 12.2 Å². The van der Waals surface area contributed by atoms with Gasteiger partial charge >= 0.3 is 0 Å². The Balaban J connectivity index is 1.49. The average molecular weight is 387 g/mol. The molecule has 4 atom stereocenters. The van der Waals surface area contributed by atoms with Crippen molar-refractivity contribution in [3.05, 3.63) is 76.4 Å². The Morgan fingerprint density at radius 3 is 2.28 bits per heavy atom. The highest BCUT2D eigenvalue weighted by molar-refractivity contribution is 5.69. The highest BCUT2D eigenvalue weighted by Crippen LogP contribution is 2.37. The van der Waals surface area contributed by atoms with E-state index >= 15 is 0 Å². The fraction of sp³-hybridized carbons (Fsp3) is 0.400. The van der Waals surface area contributed by atoms with Crippen molar-refractivity contribution in [1.82, 2.24) is 10.2 Å². The lowest BCUT2D eigenvalue weighted by Gasteiger charge is -2.33. The van der Waals surface area contributed by atoms with Crippen molar-refractivity contribution >= 4 is 12.0 Å². The van der Waals surface area contributed by atoms with Crippen LogP contribution in [0.25, 0.3) is 0 Å². The second-order valence-electron chi connectivity index (χ2n) is 8.63. The lowest BCUT2D eigenvalue weighted by molar-refractivity contribution is 0.369. The molecule has 2 heterocycles. The van der Waals surface area contributed by atoms with E-state index in [-0.39, 0.29) is 6.04 Å². The first-order chi connectivity index (χ1) is 14.1. The van der Waals surface area contributed by atoms with Crippen molar-refractivity contribution in [2.75, 3.05) is 11.6 Å². The van der Waals surface area contributed by atoms with Crippen molar-refractivity contribution in [2.24, 2.45) is 4.99 Å². The Labute approximate surface area is 174 Å². The molecule has 4 unspecified atom stereocenters. The summed E-state index contributed by atoms with van der Waals surface area (Å²) in [6, 6.07) is 1.42. The average Bonchev–Trinajstić information content (AvgIpc) is 3.35. The molecule has 0 aromatic heterocycles. The number of rotatable bonds is 3. The summed E-state index contributed by atoms with van der Waals surface area (Å²) in [7, 11) is 0. The minimum atomic E-state index is 0.265. The molecule has 4 nitrogen and oxygen atoms in total. The van der Waals surface area contributed by atoms with Gasteiger partial charge in [-0.1, -0.05) is 48.6 Å². The molecule has 0 saturated carbocycles. The van der Waals surface area contributed by atoms with Gasteiger partial charge in [-0.3, -0.25) is 10.3 Å². The first-order valence-corrected chi connectivity index (χ1v) is 10.6. The molecule has 0 spiro atoms. The fourth-order valence-electron chi connectivity index (χ4n) is 5.25. The van der Waals surface area contributed by atoms with E-state index in [1.165, 1.54) is 33.5 Å². The number of anilines is 1. The van der Waals surface area contributed by atoms with Gasteiger partial charge in [0.05, 0.1) is 37.2 Å². The van der Waals surface area contributed by atoms with Crippen LogP contribution in [-0.4, -0.2) is 42.1 Å². The molecule has 1 N–H and O–H groups in total. The minimum absolute atomic E-state index is 0.265. The van der Waals surface area contributed by atoms with Crippen molar-refractivity contribution in [3.8, 4) is 0 Å². The Bertz CT molecular complexity index is 952. The van der Waals surface area contributed by atoms with Crippen LogP contribution in [0.4, 0.5) is 5.69 Å². The third-order valence-corrected chi connectivity index (χ3v) is 7.18. The monoisotopic (exact) mass is 386 g/mol. The highest BCUT2D eigenvalue weighted by atomic mass is 15.3. The smallest absolute Gasteiger partial charge is 0.0940 e. The molecule has 4 aliphatic rings. The van der Waals surface area contributed by atoms with Gasteiger partial charge in [-0.05, 0) is 55.5 Å². The molecule has 150 valence electrons. The lowest BCUT2D eigenvalue weighted by Crippen LogP contribution is -2.36. The summed E-state index contributed by atoms with van der Waals surface area (Å²) in [5.74, 6) is 0. The van der Waals surface area contributed by atoms with E-state index in [1.54, 1.807) is 0 Å². The van der Waals surface area contributed by atoms with Crippen molar-refractivity contribution in [2.45, 2.75) is 58.4 Å². The van der Waals surface area contributed by atoms with Gasteiger partial charge in [0.25, 0.3) is 0 Å². The number of fused-ring (bicyclic) bond motifs is 2. The van der Waals surface area contributed by atoms with Gasteiger partial charge in [0.1, 0.15) is 0 Å². The maximum atomic E-state index is 4.70. The van der Waals surface area contributed by atoms with Gasteiger partial charge in [-0.25, -0.2) is 0 Å². The van der Waals surface area contributed by atoms with Gasteiger partial charge < -0.3 is 9.80 Å². The van der Waals surface area contributed by atoms with Gasteiger partial charge in [-0.2, -0.15) is 0 Å². The van der Waals surface area contributed by atoms with Crippen LogP contribution in [0.1, 0.15) is 27.8 Å². The summed E-state index contributed by atoms with van der Waals surface area (Å²) in [6.07, 6.45) is 19.7. The quantitative estimate of drug-likeness (QED) is 0.856. The molecule has 0 bridgehead atoms. The van der Waals surface area contributed by atoms with E-state index in [2.05, 4.69) is 91.4 Å². The van der Waals surface area contributed by atoms with Crippen molar-refractivity contribution < 1.29 is 0 Å². The second-order valence-corrected chi connectivity index (χ2v) is 8.63. The topological polar surface area (TPSA) is 30.9 Å². The first kappa shape index (κ1) is 18.4. The van der Waals surface area contributed by atoms with Gasteiger partial charge in [0.2, 0.25) is 0 Å². The molecule has 0 radical (unpaired) electrons. The molecule has 1 saturated heterocycles. The normalized spacial score (nSPS) is 29.1. The first-order valence-electron chi connectivity index (χ1n) is 10.6. The second kappa shape index (κ2) is 7.03. The molecule has 0 amide bonds. The molecular formula is C25H30N4. The molecule has 1 fully saturated rings. The van der Waals surface area contributed by atoms with E-state index in [9.17, 15) is 0 Å². The van der Waals surface area contributed by atoms with Crippen LogP contribution in [0.3, 0.4) is 0 Å². The summed E-state index contributed by atoms with van der Waals surface area (Å²) >= 11 is 0. The SMILES string of the molecule is Cc1c(C)c(N2CNC3C=CC=CC32)c(C)c(C)c1CN1C=NC2C=CC=CC21. The zero-order valence-electron chi connectivity index (χ0n) is 17.8. The maximum absolute atomic E-state index is 4.70. The van der Waals surface area contributed by atoms with Crippen molar-refractivity contribution in [1.29, 1.82) is 0 Å². The standard InChI is InChI=1S/C25H30N4/c1-16-18(3)25(29-15-27-22-10-6-8-12-24(22)29)19(4)17(2)20(16)13-28-14-26-21-9-5-7-11-23(21)28/h5-12,14,21-24,27H,13,15H2,1-4H3. The summed E-state index contributed by atoms with van der Waals surface area (Å²) in [5.41, 5.74) is 8.47. The molecular weight excluding hydrogens is 356 g/mol. The number of benzene rings is 1. The fourth-order valence-corrected chi connectivity index (χ4v) is 5.25. The Morgan fingerprint density at radius 2 is 1.52 bits per heavy atom. The van der Waals surface area contributed by atoms with E-state index in [1.807, 2.05) is 6.34 Å². The van der Waals surface area contributed by atoms with Gasteiger partial charge in [-0.15, -0.1) is 0 Å². The Morgan fingerprint density at radius 1 is 0.862 bits per heavy atom. The lowest BCUT2D eigenvalue weighted by atomic mass is 9.90. The number of hydrogen-bond donors (Lipinski definition) is 1. The minimum Gasteiger partial charge on any atom is -0.350 e. The largest absolute Gasteiger partial charge is 0.350 e. The van der Waals surface area contributed by atoms with Crippen LogP contribution < -0.4 is 10.2 Å². The molecule has 29 heavy (non-hydrogen) atoms. The van der Waals surface area contributed by atoms with E-state index in [0.717, 1.165) is 13.2 Å². The Kier molecular flexibility index (Phi) is 4.47. The summed E-state index contributed by atoms with van der Waals surface area (Å²) in [4.78, 5) is 9.63.